The molecule has 1 unspecified atom stereocenters. The predicted octanol–water partition coefficient (Wildman–Crippen LogP) is 3.05. The fourth-order valence-electron chi connectivity index (χ4n) is 2.79. The average Bonchev–Trinajstić information content (AvgIpc) is 2.88. The Kier molecular flexibility index (Phi) is 5.21. The highest BCUT2D eigenvalue weighted by Gasteiger charge is 2.24. The van der Waals surface area contributed by atoms with Gasteiger partial charge in [0.1, 0.15) is 6.54 Å². The summed E-state index contributed by atoms with van der Waals surface area (Å²) in [5.41, 5.74) is 1.52. The number of thiazole rings is 1. The van der Waals surface area contributed by atoms with E-state index in [1.807, 2.05) is 0 Å². The van der Waals surface area contributed by atoms with Crippen molar-refractivity contribution in [3.8, 4) is 0 Å². The Bertz CT molecular complexity index is 732. The van der Waals surface area contributed by atoms with E-state index in [-0.39, 0.29) is 5.91 Å². The molecule has 1 aliphatic heterocycles. The molecular formula is C16H18Cl2N3OS+. The molecule has 2 aromatic rings. The van der Waals surface area contributed by atoms with Gasteiger partial charge in [0.15, 0.2) is 5.13 Å². The highest BCUT2D eigenvalue weighted by Crippen LogP contribution is 2.26. The molecule has 122 valence electrons. The number of carbonyl (C=O) groups is 1. The summed E-state index contributed by atoms with van der Waals surface area (Å²) in [6, 6.07) is 4.85. The van der Waals surface area contributed by atoms with Gasteiger partial charge in [0, 0.05) is 11.4 Å². The quantitative estimate of drug-likeness (QED) is 0.868. The van der Waals surface area contributed by atoms with Gasteiger partial charge >= 0.3 is 0 Å². The van der Waals surface area contributed by atoms with Gasteiger partial charge in [0.2, 0.25) is 0 Å². The predicted molar refractivity (Wildman–Crippen MR) is 94.9 cm³/mol. The Hall–Kier alpha value is -1.14. The topological polar surface area (TPSA) is 46.4 Å². The van der Waals surface area contributed by atoms with Crippen LogP contribution in [0.2, 0.25) is 10.0 Å². The monoisotopic (exact) mass is 370 g/mol. The smallest absolute Gasteiger partial charge is 0.258 e. The molecule has 0 fully saturated rings. The SMILES string of the molecule is CCC[NH+]1CCc2nc(NC(=O)c3ccc(Cl)cc3Cl)sc2C1. The van der Waals surface area contributed by atoms with Crippen molar-refractivity contribution in [1.82, 2.24) is 4.98 Å². The maximum absolute atomic E-state index is 12.3. The Morgan fingerprint density at radius 1 is 1.43 bits per heavy atom. The van der Waals surface area contributed by atoms with Crippen LogP contribution in [0, 0.1) is 0 Å². The molecule has 1 amide bonds. The first-order valence-corrected chi connectivity index (χ1v) is 9.22. The van der Waals surface area contributed by atoms with Gasteiger partial charge in [-0.1, -0.05) is 41.5 Å². The van der Waals surface area contributed by atoms with E-state index in [2.05, 4.69) is 17.2 Å². The maximum Gasteiger partial charge on any atom is 0.258 e. The van der Waals surface area contributed by atoms with Crippen molar-refractivity contribution in [2.45, 2.75) is 26.3 Å². The normalized spacial score (nSPS) is 16.9. The minimum atomic E-state index is -0.254. The number of carbonyl (C=O) groups excluding carboxylic acids is 1. The van der Waals surface area contributed by atoms with Gasteiger partial charge in [-0.25, -0.2) is 4.98 Å². The van der Waals surface area contributed by atoms with Gasteiger partial charge in [0.05, 0.1) is 34.2 Å². The number of hydrogen-bond donors (Lipinski definition) is 2. The molecule has 4 nitrogen and oxygen atoms in total. The van der Waals surface area contributed by atoms with Gasteiger partial charge < -0.3 is 4.90 Å². The minimum absolute atomic E-state index is 0.254. The zero-order valence-electron chi connectivity index (χ0n) is 12.8. The third-order valence-corrected chi connectivity index (χ3v) is 5.46. The largest absolute Gasteiger partial charge is 0.330 e. The lowest BCUT2D eigenvalue weighted by Crippen LogP contribution is -3.11. The summed E-state index contributed by atoms with van der Waals surface area (Å²) in [7, 11) is 0. The minimum Gasteiger partial charge on any atom is -0.330 e. The van der Waals surface area contributed by atoms with Crippen LogP contribution in [-0.4, -0.2) is 24.0 Å². The number of halogens is 2. The molecule has 2 N–H and O–H groups in total. The summed E-state index contributed by atoms with van der Waals surface area (Å²) in [5, 5.41) is 4.35. The average molecular weight is 371 g/mol. The third kappa shape index (κ3) is 3.86. The first-order valence-electron chi connectivity index (χ1n) is 7.65. The summed E-state index contributed by atoms with van der Waals surface area (Å²) >= 11 is 13.5. The number of amides is 1. The van der Waals surface area contributed by atoms with E-state index in [1.54, 1.807) is 34.4 Å². The molecular weight excluding hydrogens is 353 g/mol. The van der Waals surface area contributed by atoms with Crippen LogP contribution in [0.1, 0.15) is 34.3 Å². The second-order valence-electron chi connectivity index (χ2n) is 5.64. The summed E-state index contributed by atoms with van der Waals surface area (Å²) in [6.45, 7) is 5.50. The van der Waals surface area contributed by atoms with Gasteiger partial charge in [0.25, 0.3) is 5.91 Å². The lowest BCUT2D eigenvalue weighted by molar-refractivity contribution is -0.915. The van der Waals surface area contributed by atoms with Crippen LogP contribution in [0.15, 0.2) is 18.2 Å². The highest BCUT2D eigenvalue weighted by atomic mass is 35.5. The molecule has 0 spiro atoms. The number of hydrogen-bond acceptors (Lipinski definition) is 3. The van der Waals surface area contributed by atoms with Crippen LogP contribution in [0.25, 0.3) is 0 Å². The van der Waals surface area contributed by atoms with Crippen LogP contribution >= 0.6 is 34.5 Å². The van der Waals surface area contributed by atoms with E-state index < -0.39 is 0 Å². The van der Waals surface area contributed by atoms with Gasteiger partial charge in [-0.2, -0.15) is 0 Å². The summed E-state index contributed by atoms with van der Waals surface area (Å²) in [5.74, 6) is -0.254. The van der Waals surface area contributed by atoms with Crippen molar-refractivity contribution in [3.63, 3.8) is 0 Å². The molecule has 7 heteroatoms. The fraction of sp³-hybridized carbons (Fsp3) is 0.375. The van der Waals surface area contributed by atoms with Crippen molar-refractivity contribution in [3.05, 3.63) is 44.4 Å². The Morgan fingerprint density at radius 2 is 2.26 bits per heavy atom. The van der Waals surface area contributed by atoms with E-state index in [9.17, 15) is 4.79 Å². The lowest BCUT2D eigenvalue weighted by atomic mass is 10.2. The summed E-state index contributed by atoms with van der Waals surface area (Å²) in [6.07, 6.45) is 2.15. The molecule has 0 radical (unpaired) electrons. The zero-order valence-corrected chi connectivity index (χ0v) is 15.1. The van der Waals surface area contributed by atoms with Crippen molar-refractivity contribution in [1.29, 1.82) is 0 Å². The molecule has 1 aromatic carbocycles. The Morgan fingerprint density at radius 3 is 3.00 bits per heavy atom. The van der Waals surface area contributed by atoms with Gasteiger partial charge in [-0.05, 0) is 24.6 Å². The molecule has 1 aromatic heterocycles. The van der Waals surface area contributed by atoms with E-state index in [1.165, 1.54) is 17.8 Å². The van der Waals surface area contributed by atoms with E-state index in [0.29, 0.717) is 20.7 Å². The molecule has 1 atom stereocenters. The number of fused-ring (bicyclic) bond motifs is 1. The van der Waals surface area contributed by atoms with Gasteiger partial charge in [-0.15, -0.1) is 0 Å². The molecule has 1 aliphatic rings. The van der Waals surface area contributed by atoms with Crippen LogP contribution in [0.4, 0.5) is 5.13 Å². The van der Waals surface area contributed by atoms with Crippen molar-refractivity contribution < 1.29 is 9.69 Å². The van der Waals surface area contributed by atoms with Crippen LogP contribution in [-0.2, 0) is 13.0 Å². The maximum atomic E-state index is 12.3. The molecule has 3 rings (SSSR count). The summed E-state index contributed by atoms with van der Waals surface area (Å²) in [4.78, 5) is 19.8. The van der Waals surface area contributed by atoms with Gasteiger partial charge in [-0.3, -0.25) is 10.1 Å². The second-order valence-corrected chi connectivity index (χ2v) is 7.57. The third-order valence-electron chi connectivity index (χ3n) is 3.90. The highest BCUT2D eigenvalue weighted by molar-refractivity contribution is 7.15. The number of quaternary nitrogens is 1. The van der Waals surface area contributed by atoms with E-state index in [0.717, 1.165) is 25.2 Å². The number of anilines is 1. The van der Waals surface area contributed by atoms with Crippen LogP contribution in [0.5, 0.6) is 0 Å². The molecule has 0 bridgehead atoms. The molecule has 0 aliphatic carbocycles. The first-order chi connectivity index (χ1) is 11.1. The number of rotatable bonds is 4. The van der Waals surface area contributed by atoms with Crippen LogP contribution in [0.3, 0.4) is 0 Å². The molecule has 23 heavy (non-hydrogen) atoms. The Labute approximate surface area is 149 Å². The van der Waals surface area contributed by atoms with E-state index in [4.69, 9.17) is 23.2 Å². The summed E-state index contributed by atoms with van der Waals surface area (Å²) < 4.78 is 0. The molecule has 2 heterocycles. The molecule has 0 saturated heterocycles. The standard InChI is InChI=1S/C16H17Cl2N3OS/c1-2-6-21-7-5-13-14(9-21)23-16(19-13)20-15(22)11-4-3-10(17)8-12(11)18/h3-4,8H,2,5-7,9H2,1H3,(H,19,20,22)/p+1. The van der Waals surface area contributed by atoms with E-state index >= 15 is 0 Å². The number of aromatic nitrogens is 1. The van der Waals surface area contributed by atoms with Crippen molar-refractivity contribution in [2.75, 3.05) is 18.4 Å². The number of nitrogens with zero attached hydrogens (tertiary/aromatic N) is 1. The number of nitrogens with one attached hydrogen (secondary N) is 2. The number of benzene rings is 1. The Balaban J connectivity index is 1.73. The zero-order chi connectivity index (χ0) is 16.4. The molecule has 0 saturated carbocycles. The van der Waals surface area contributed by atoms with Crippen LogP contribution < -0.4 is 10.2 Å². The van der Waals surface area contributed by atoms with Crippen molar-refractivity contribution in [2.24, 2.45) is 0 Å². The second kappa shape index (κ2) is 7.18. The first kappa shape index (κ1) is 16.7. The lowest BCUT2D eigenvalue weighted by Gasteiger charge is -2.22. The fourth-order valence-corrected chi connectivity index (χ4v) is 4.35. The van der Waals surface area contributed by atoms with Crippen molar-refractivity contribution >= 4 is 45.6 Å².